The molecule has 0 N–H and O–H groups in total. The zero-order valence-corrected chi connectivity index (χ0v) is 19.9. The van der Waals surface area contributed by atoms with Gasteiger partial charge in [-0.3, -0.25) is 4.79 Å². The summed E-state index contributed by atoms with van der Waals surface area (Å²) in [5, 5.41) is 0. The van der Waals surface area contributed by atoms with Crippen LogP contribution in [0.15, 0.2) is 86.0 Å². The van der Waals surface area contributed by atoms with E-state index in [9.17, 15) is 4.79 Å². The van der Waals surface area contributed by atoms with E-state index in [1.54, 1.807) is 0 Å². The zero-order valence-electron chi connectivity index (χ0n) is 19.9. The van der Waals surface area contributed by atoms with Crippen LogP contribution in [0.5, 0.6) is 5.75 Å². The summed E-state index contributed by atoms with van der Waals surface area (Å²) in [4.78, 5) is 22.0. The lowest BCUT2D eigenvalue weighted by Gasteiger charge is -2.37. The Labute approximate surface area is 206 Å². The van der Waals surface area contributed by atoms with Crippen molar-refractivity contribution in [2.24, 2.45) is 0 Å². The lowest BCUT2D eigenvalue weighted by atomic mass is 10.0. The van der Waals surface area contributed by atoms with E-state index in [2.05, 4.69) is 63.9 Å². The lowest BCUT2D eigenvalue weighted by Crippen LogP contribution is -2.47. The molecule has 6 rings (SSSR count). The van der Waals surface area contributed by atoms with E-state index in [1.165, 1.54) is 11.3 Å². The molecule has 6 heteroatoms. The van der Waals surface area contributed by atoms with Gasteiger partial charge in [0.05, 0.1) is 11.0 Å². The average molecular weight is 467 g/mol. The van der Waals surface area contributed by atoms with Gasteiger partial charge in [0, 0.05) is 50.4 Å². The monoisotopic (exact) mass is 466 g/mol. The smallest absolute Gasteiger partial charge is 0.206 e. The maximum absolute atomic E-state index is 12.3. The summed E-state index contributed by atoms with van der Waals surface area (Å²) in [6, 6.07) is 24.5. The third-order valence-corrected chi connectivity index (χ3v) is 6.62. The Hall–Kier alpha value is -4.06. The molecule has 1 fully saturated rings. The first-order chi connectivity index (χ1) is 17.3. The van der Waals surface area contributed by atoms with Crippen LogP contribution in [0.2, 0.25) is 0 Å². The van der Waals surface area contributed by atoms with E-state index in [1.807, 2.05) is 36.4 Å². The van der Waals surface area contributed by atoms with Gasteiger partial charge in [-0.1, -0.05) is 36.4 Å². The number of nitrogens with zero attached hydrogens (tertiary/aromatic N) is 4. The number of carbonyl (C=O) groups excluding carboxylic acids is 1. The molecule has 0 saturated carbocycles. The summed E-state index contributed by atoms with van der Waals surface area (Å²) in [6.07, 6.45) is 0.550. The van der Waals surface area contributed by atoms with Gasteiger partial charge in [-0.15, -0.1) is 13.2 Å². The van der Waals surface area contributed by atoms with E-state index in [4.69, 9.17) is 9.72 Å². The Morgan fingerprint density at radius 1 is 0.800 bits per heavy atom. The molecule has 2 aliphatic rings. The first kappa shape index (κ1) is 22.7. The lowest BCUT2D eigenvalue weighted by molar-refractivity contribution is 0.0973. The maximum atomic E-state index is 12.3. The fourth-order valence-electron chi connectivity index (χ4n) is 4.86. The minimum Gasteiger partial charge on any atom is -0.489 e. The van der Waals surface area contributed by atoms with Crippen LogP contribution in [-0.4, -0.2) is 41.5 Å². The van der Waals surface area contributed by atoms with Crippen LogP contribution >= 0.6 is 0 Å². The second kappa shape index (κ2) is 10.1. The number of rotatable bonds is 5. The number of Topliss-reactive ketones (excluding diaryl/α,β-unsaturated/α-hetero) is 1. The molecule has 0 unspecified atom stereocenters. The van der Waals surface area contributed by atoms with Crippen molar-refractivity contribution in [2.75, 3.05) is 36.0 Å². The van der Waals surface area contributed by atoms with E-state index in [-0.39, 0.29) is 5.78 Å². The average Bonchev–Trinajstić information content (AvgIpc) is 3.31. The zero-order chi connectivity index (χ0) is 24.2. The predicted molar refractivity (Wildman–Crippen MR) is 142 cm³/mol. The molecular formula is C29H30N4O2. The van der Waals surface area contributed by atoms with Gasteiger partial charge in [0.15, 0.2) is 5.78 Å². The Morgan fingerprint density at radius 3 is 2.26 bits per heavy atom. The summed E-state index contributed by atoms with van der Waals surface area (Å²) in [5.41, 5.74) is 5.11. The highest BCUT2D eigenvalue weighted by molar-refractivity contribution is 6.08. The molecule has 0 amide bonds. The Bertz CT molecular complexity index is 1310. The number of aryl methyl sites for hydroxylation is 1. The third-order valence-electron chi connectivity index (χ3n) is 6.62. The molecule has 0 atom stereocenters. The van der Waals surface area contributed by atoms with Crippen LogP contribution in [0, 0.1) is 0 Å². The molecule has 0 aliphatic carbocycles. The number of hydrogen-bond acceptors (Lipinski definition) is 5. The Balaban J connectivity index is 0.00000124. The molecule has 178 valence electrons. The second-order valence-electron chi connectivity index (χ2n) is 8.65. The van der Waals surface area contributed by atoms with Crippen LogP contribution in [0.4, 0.5) is 11.6 Å². The molecule has 3 heterocycles. The van der Waals surface area contributed by atoms with Gasteiger partial charge in [-0.2, -0.15) is 0 Å². The van der Waals surface area contributed by atoms with Gasteiger partial charge in [-0.25, -0.2) is 4.98 Å². The SMILES string of the molecule is C=C.O=C1CCn2c(N3CCN(c4ccc(OCc5ccccc5)cc4)CC3)nc3cccc1c32. The van der Waals surface area contributed by atoms with Crippen molar-refractivity contribution in [2.45, 2.75) is 19.6 Å². The van der Waals surface area contributed by atoms with Crippen LogP contribution in [0.3, 0.4) is 0 Å². The molecule has 2 aliphatic heterocycles. The van der Waals surface area contributed by atoms with Crippen LogP contribution in [0.25, 0.3) is 11.0 Å². The van der Waals surface area contributed by atoms with Crippen molar-refractivity contribution in [3.8, 4) is 5.75 Å². The highest BCUT2D eigenvalue weighted by Crippen LogP contribution is 2.31. The predicted octanol–water partition coefficient (Wildman–Crippen LogP) is 5.33. The van der Waals surface area contributed by atoms with E-state index in [0.29, 0.717) is 19.6 Å². The molecule has 35 heavy (non-hydrogen) atoms. The van der Waals surface area contributed by atoms with E-state index < -0.39 is 0 Å². The molecule has 1 saturated heterocycles. The molecule has 1 aromatic heterocycles. The summed E-state index contributed by atoms with van der Waals surface area (Å²) >= 11 is 0. The number of hydrogen-bond donors (Lipinski definition) is 0. The largest absolute Gasteiger partial charge is 0.489 e. The van der Waals surface area contributed by atoms with Crippen molar-refractivity contribution >= 4 is 28.5 Å². The fourth-order valence-corrected chi connectivity index (χ4v) is 4.86. The number of imidazole rings is 1. The first-order valence-electron chi connectivity index (χ1n) is 12.1. The molecule has 6 nitrogen and oxygen atoms in total. The number of piperazine rings is 1. The minimum absolute atomic E-state index is 0.223. The van der Waals surface area contributed by atoms with Gasteiger partial charge < -0.3 is 19.1 Å². The highest BCUT2D eigenvalue weighted by Gasteiger charge is 2.27. The molecule has 0 radical (unpaired) electrons. The van der Waals surface area contributed by atoms with Gasteiger partial charge in [0.2, 0.25) is 5.95 Å². The van der Waals surface area contributed by atoms with Crippen LogP contribution in [0.1, 0.15) is 22.3 Å². The summed E-state index contributed by atoms with van der Waals surface area (Å²) in [5.74, 6) is 2.10. The number of anilines is 2. The van der Waals surface area contributed by atoms with Gasteiger partial charge in [-0.05, 0) is 42.0 Å². The number of ether oxygens (including phenoxy) is 1. The van der Waals surface area contributed by atoms with Crippen molar-refractivity contribution in [1.29, 1.82) is 0 Å². The van der Waals surface area contributed by atoms with Gasteiger partial charge in [0.1, 0.15) is 12.4 Å². The number of ketones is 1. The number of benzene rings is 3. The summed E-state index contributed by atoms with van der Waals surface area (Å²) < 4.78 is 8.16. The second-order valence-corrected chi connectivity index (χ2v) is 8.65. The Morgan fingerprint density at radius 2 is 1.51 bits per heavy atom. The topological polar surface area (TPSA) is 50.6 Å². The molecule has 0 bridgehead atoms. The summed E-state index contributed by atoms with van der Waals surface area (Å²) in [6.45, 7) is 11.0. The number of carbonyl (C=O) groups is 1. The van der Waals surface area contributed by atoms with Crippen molar-refractivity contribution in [1.82, 2.24) is 9.55 Å². The third kappa shape index (κ3) is 4.52. The highest BCUT2D eigenvalue weighted by atomic mass is 16.5. The maximum Gasteiger partial charge on any atom is 0.206 e. The van der Waals surface area contributed by atoms with Crippen LogP contribution < -0.4 is 14.5 Å². The molecule has 3 aromatic carbocycles. The fraction of sp³-hybridized carbons (Fsp3) is 0.241. The standard InChI is InChI=1S/C27H26N4O2.C2H4/c32-25-13-14-31-26-23(25)7-4-8-24(26)28-27(31)30-17-15-29(16-18-30)21-9-11-22(12-10-21)33-19-20-5-2-1-3-6-20;1-2/h1-12H,13-19H2;1-2H2. The quantitative estimate of drug-likeness (QED) is 0.372. The van der Waals surface area contributed by atoms with Crippen molar-refractivity contribution in [3.63, 3.8) is 0 Å². The van der Waals surface area contributed by atoms with Gasteiger partial charge in [0.25, 0.3) is 0 Å². The first-order valence-corrected chi connectivity index (χ1v) is 12.1. The van der Waals surface area contributed by atoms with Crippen molar-refractivity contribution < 1.29 is 9.53 Å². The Kier molecular flexibility index (Phi) is 6.53. The van der Waals surface area contributed by atoms with Crippen molar-refractivity contribution in [3.05, 3.63) is 97.1 Å². The normalized spacial score (nSPS) is 15.0. The van der Waals surface area contributed by atoms with E-state index in [0.717, 1.165) is 54.5 Å². The number of aromatic nitrogens is 2. The molecule has 0 spiro atoms. The van der Waals surface area contributed by atoms with Crippen LogP contribution in [-0.2, 0) is 13.2 Å². The number of para-hydroxylation sites is 1. The molecular weight excluding hydrogens is 436 g/mol. The van der Waals surface area contributed by atoms with E-state index >= 15 is 0 Å². The summed E-state index contributed by atoms with van der Waals surface area (Å²) in [7, 11) is 0. The van der Waals surface area contributed by atoms with Gasteiger partial charge >= 0.3 is 0 Å². The minimum atomic E-state index is 0.223. The molecule has 4 aromatic rings.